The summed E-state index contributed by atoms with van der Waals surface area (Å²) in [4.78, 5) is 2.18. The van der Waals surface area contributed by atoms with Crippen LogP contribution in [0.25, 0.3) is 0 Å². The fourth-order valence-corrected chi connectivity index (χ4v) is 2.69. The zero-order chi connectivity index (χ0) is 13.8. The van der Waals surface area contributed by atoms with Crippen molar-refractivity contribution in [1.29, 1.82) is 0 Å². The minimum atomic E-state index is 0.355. The number of ether oxygens (including phenoxy) is 1. The Morgan fingerprint density at radius 3 is 2.74 bits per heavy atom. The normalized spacial score (nSPS) is 17.5. The van der Waals surface area contributed by atoms with Crippen LogP contribution in [0.15, 0.2) is 6.20 Å². The molecule has 0 aromatic carbocycles. The van der Waals surface area contributed by atoms with E-state index in [-0.39, 0.29) is 0 Å². The van der Waals surface area contributed by atoms with Gasteiger partial charge >= 0.3 is 0 Å². The lowest BCUT2D eigenvalue weighted by Crippen LogP contribution is -2.32. The molecular formula is C14H26N4O. The smallest absolute Gasteiger partial charge is 0.161 e. The van der Waals surface area contributed by atoms with Gasteiger partial charge in [-0.15, -0.1) is 0 Å². The van der Waals surface area contributed by atoms with E-state index >= 15 is 0 Å². The second-order valence-electron chi connectivity index (χ2n) is 5.58. The van der Waals surface area contributed by atoms with Crippen molar-refractivity contribution in [2.75, 3.05) is 34.8 Å². The lowest BCUT2D eigenvalue weighted by atomic mass is 9.78. The molecule has 0 aliphatic heterocycles. The molecule has 1 aliphatic rings. The first-order valence-corrected chi connectivity index (χ1v) is 7.09. The topological polar surface area (TPSA) is 42.3 Å². The predicted molar refractivity (Wildman–Crippen MR) is 76.5 cm³/mol. The van der Waals surface area contributed by atoms with Gasteiger partial charge in [-0.25, -0.2) is 0 Å². The fourth-order valence-electron chi connectivity index (χ4n) is 2.69. The second kappa shape index (κ2) is 6.39. The summed E-state index contributed by atoms with van der Waals surface area (Å²) in [5.41, 5.74) is 1.21. The SMILES string of the molecule is CNC(c1c(OC)cnn1CCN(C)C)C1CCC1. The van der Waals surface area contributed by atoms with E-state index in [1.54, 1.807) is 7.11 Å². The highest BCUT2D eigenvalue weighted by molar-refractivity contribution is 5.29. The summed E-state index contributed by atoms with van der Waals surface area (Å²) in [6.07, 6.45) is 5.78. The molecule has 0 radical (unpaired) electrons. The van der Waals surface area contributed by atoms with Crippen molar-refractivity contribution in [3.8, 4) is 5.75 Å². The Kier molecular flexibility index (Phi) is 4.82. The van der Waals surface area contributed by atoms with E-state index in [4.69, 9.17) is 4.74 Å². The number of aromatic nitrogens is 2. The zero-order valence-corrected chi connectivity index (χ0v) is 12.5. The van der Waals surface area contributed by atoms with Gasteiger partial charge in [-0.05, 0) is 39.9 Å². The minimum absolute atomic E-state index is 0.355. The molecule has 0 bridgehead atoms. The van der Waals surface area contributed by atoms with Gasteiger partial charge in [-0.1, -0.05) is 6.42 Å². The number of hydrogen-bond acceptors (Lipinski definition) is 4. The molecule has 1 unspecified atom stereocenters. The quantitative estimate of drug-likeness (QED) is 0.812. The number of hydrogen-bond donors (Lipinski definition) is 1. The molecule has 1 heterocycles. The molecule has 1 atom stereocenters. The molecule has 1 saturated carbocycles. The molecule has 108 valence electrons. The minimum Gasteiger partial charge on any atom is -0.493 e. The van der Waals surface area contributed by atoms with Gasteiger partial charge in [0, 0.05) is 6.54 Å². The summed E-state index contributed by atoms with van der Waals surface area (Å²) in [5, 5.41) is 7.95. The molecule has 1 aliphatic carbocycles. The van der Waals surface area contributed by atoms with Crippen molar-refractivity contribution in [2.45, 2.75) is 31.8 Å². The van der Waals surface area contributed by atoms with Crippen molar-refractivity contribution in [1.82, 2.24) is 20.0 Å². The van der Waals surface area contributed by atoms with Gasteiger partial charge in [0.25, 0.3) is 0 Å². The highest BCUT2D eigenvalue weighted by Crippen LogP contribution is 2.40. The van der Waals surface area contributed by atoms with Crippen LogP contribution in [0, 0.1) is 5.92 Å². The van der Waals surface area contributed by atoms with E-state index in [0.717, 1.165) is 18.8 Å². The van der Waals surface area contributed by atoms with Crippen LogP contribution in [0.4, 0.5) is 0 Å². The van der Waals surface area contributed by atoms with E-state index < -0.39 is 0 Å². The Hall–Kier alpha value is -1.07. The van der Waals surface area contributed by atoms with Gasteiger partial charge in [0.05, 0.1) is 31.6 Å². The summed E-state index contributed by atoms with van der Waals surface area (Å²) >= 11 is 0. The first kappa shape index (κ1) is 14.3. The lowest BCUT2D eigenvalue weighted by molar-refractivity contribution is 0.223. The van der Waals surface area contributed by atoms with Crippen molar-refractivity contribution < 1.29 is 4.74 Å². The van der Waals surface area contributed by atoms with E-state index in [1.807, 2.05) is 13.2 Å². The van der Waals surface area contributed by atoms with Gasteiger partial charge in [-0.3, -0.25) is 4.68 Å². The van der Waals surface area contributed by atoms with Crippen LogP contribution >= 0.6 is 0 Å². The van der Waals surface area contributed by atoms with Gasteiger partial charge in [0.1, 0.15) is 0 Å². The summed E-state index contributed by atoms with van der Waals surface area (Å²) in [7, 11) is 7.93. The van der Waals surface area contributed by atoms with Crippen LogP contribution in [0.2, 0.25) is 0 Å². The Morgan fingerprint density at radius 2 is 2.26 bits per heavy atom. The maximum Gasteiger partial charge on any atom is 0.161 e. The summed E-state index contributed by atoms with van der Waals surface area (Å²) in [6, 6.07) is 0.355. The van der Waals surface area contributed by atoms with Crippen molar-refractivity contribution in [3.63, 3.8) is 0 Å². The van der Waals surface area contributed by atoms with Crippen LogP contribution in [0.3, 0.4) is 0 Å². The fraction of sp³-hybridized carbons (Fsp3) is 0.786. The Morgan fingerprint density at radius 1 is 1.53 bits per heavy atom. The highest BCUT2D eigenvalue weighted by Gasteiger charge is 2.32. The van der Waals surface area contributed by atoms with Crippen molar-refractivity contribution >= 4 is 0 Å². The lowest BCUT2D eigenvalue weighted by Gasteiger charge is -2.34. The molecule has 0 saturated heterocycles. The van der Waals surface area contributed by atoms with Crippen LogP contribution in [-0.4, -0.2) is 49.5 Å². The van der Waals surface area contributed by atoms with E-state index in [0.29, 0.717) is 12.0 Å². The molecule has 1 aromatic rings. The molecule has 19 heavy (non-hydrogen) atoms. The third-order valence-corrected chi connectivity index (χ3v) is 4.05. The molecule has 5 heteroatoms. The van der Waals surface area contributed by atoms with E-state index in [2.05, 4.69) is 34.1 Å². The molecule has 0 spiro atoms. The van der Waals surface area contributed by atoms with Gasteiger partial charge in [-0.2, -0.15) is 5.10 Å². The maximum atomic E-state index is 5.50. The van der Waals surface area contributed by atoms with Crippen LogP contribution in [0.5, 0.6) is 5.75 Å². The average molecular weight is 266 g/mol. The third kappa shape index (κ3) is 3.09. The Bertz CT molecular complexity index is 398. The Labute approximate surface area is 115 Å². The monoisotopic (exact) mass is 266 g/mol. The summed E-state index contributed by atoms with van der Waals surface area (Å²) in [5.74, 6) is 1.62. The highest BCUT2D eigenvalue weighted by atomic mass is 16.5. The molecule has 1 fully saturated rings. The Balaban J connectivity index is 2.21. The molecule has 5 nitrogen and oxygen atoms in total. The number of nitrogens with zero attached hydrogens (tertiary/aromatic N) is 3. The van der Waals surface area contributed by atoms with Crippen molar-refractivity contribution in [2.24, 2.45) is 5.92 Å². The van der Waals surface area contributed by atoms with Gasteiger partial charge in [0.2, 0.25) is 0 Å². The largest absolute Gasteiger partial charge is 0.493 e. The molecule has 1 N–H and O–H groups in total. The molecular weight excluding hydrogens is 240 g/mol. The zero-order valence-electron chi connectivity index (χ0n) is 12.5. The van der Waals surface area contributed by atoms with Gasteiger partial charge < -0.3 is 15.0 Å². The summed E-state index contributed by atoms with van der Waals surface area (Å²) < 4.78 is 7.59. The van der Waals surface area contributed by atoms with Crippen LogP contribution in [-0.2, 0) is 6.54 Å². The standard InChI is InChI=1S/C14H26N4O/c1-15-13(11-6-5-7-11)14-12(19-4)10-16-18(14)9-8-17(2)3/h10-11,13,15H,5-9H2,1-4H3. The van der Waals surface area contributed by atoms with Crippen LogP contribution < -0.4 is 10.1 Å². The molecule has 1 aromatic heterocycles. The average Bonchev–Trinajstić information content (AvgIpc) is 2.73. The third-order valence-electron chi connectivity index (χ3n) is 4.05. The van der Waals surface area contributed by atoms with Crippen molar-refractivity contribution in [3.05, 3.63) is 11.9 Å². The number of methoxy groups -OCH3 is 1. The van der Waals surface area contributed by atoms with E-state index in [9.17, 15) is 0 Å². The van der Waals surface area contributed by atoms with Gasteiger partial charge in [0.15, 0.2) is 5.75 Å². The molecule has 2 rings (SSSR count). The number of nitrogens with one attached hydrogen (secondary N) is 1. The van der Waals surface area contributed by atoms with E-state index in [1.165, 1.54) is 25.0 Å². The first-order valence-electron chi connectivity index (χ1n) is 7.09. The molecule has 0 amide bonds. The second-order valence-corrected chi connectivity index (χ2v) is 5.58. The first-order chi connectivity index (χ1) is 9.17. The predicted octanol–water partition coefficient (Wildman–Crippen LogP) is 1.51. The van der Waals surface area contributed by atoms with Crippen LogP contribution in [0.1, 0.15) is 31.0 Å². The summed E-state index contributed by atoms with van der Waals surface area (Å²) in [6.45, 7) is 1.88. The number of rotatable bonds is 7. The number of likely N-dealkylation sites (N-methyl/N-ethyl adjacent to an activating group) is 1. The maximum absolute atomic E-state index is 5.50.